The normalized spacial score (nSPS) is 12.5. The maximum absolute atomic E-state index is 13.6. The Morgan fingerprint density at radius 1 is 0.946 bits per heavy atom. The summed E-state index contributed by atoms with van der Waals surface area (Å²) in [5.41, 5.74) is 4.84. The first-order chi connectivity index (χ1) is 17.2. The summed E-state index contributed by atoms with van der Waals surface area (Å²) in [4.78, 5) is 13.3. The number of aldehydes is 1. The number of carbonyl (C=O) groups is 1. The number of hydrogen-bond acceptors (Lipinski definition) is 4. The minimum atomic E-state index is -0.338. The number of hydrogen-bond donors (Lipinski definition) is 1. The van der Waals surface area contributed by atoms with E-state index in [-0.39, 0.29) is 22.6 Å². The van der Waals surface area contributed by atoms with Crippen molar-refractivity contribution in [1.29, 1.82) is 0 Å². The van der Waals surface area contributed by atoms with Gasteiger partial charge in [-0.05, 0) is 70.8 Å². The largest absolute Gasteiger partial charge is 0.507 e. The van der Waals surface area contributed by atoms with Crippen molar-refractivity contribution >= 4 is 23.6 Å². The lowest BCUT2D eigenvalue weighted by molar-refractivity contribution is 0.112. The smallest absolute Gasteiger partial charge is 0.152 e. The predicted molar refractivity (Wildman–Crippen MR) is 150 cm³/mol. The predicted octanol–water partition coefficient (Wildman–Crippen LogP) is 8.53. The van der Waals surface area contributed by atoms with Crippen molar-refractivity contribution in [2.75, 3.05) is 0 Å². The molecule has 4 aromatic rings. The third-order valence-corrected chi connectivity index (χ3v) is 7.57. The van der Waals surface area contributed by atoms with Gasteiger partial charge in [-0.15, -0.1) is 0 Å². The molecule has 1 N–H and O–H groups in total. The van der Waals surface area contributed by atoms with E-state index in [1.54, 1.807) is 23.9 Å². The highest BCUT2D eigenvalue weighted by Gasteiger charge is 2.27. The Morgan fingerprint density at radius 3 is 2.00 bits per heavy atom. The van der Waals surface area contributed by atoms with Crippen LogP contribution < -0.4 is 0 Å². The zero-order valence-corrected chi connectivity index (χ0v) is 23.6. The van der Waals surface area contributed by atoms with Gasteiger partial charge in [0.15, 0.2) is 6.29 Å². The fourth-order valence-electron chi connectivity index (χ4n) is 4.69. The highest BCUT2D eigenvalue weighted by molar-refractivity contribution is 7.99. The van der Waals surface area contributed by atoms with Crippen LogP contribution in [0.4, 0.5) is 4.39 Å². The van der Waals surface area contributed by atoms with Gasteiger partial charge in [0, 0.05) is 27.1 Å². The lowest BCUT2D eigenvalue weighted by Gasteiger charge is -2.28. The maximum atomic E-state index is 13.6. The van der Waals surface area contributed by atoms with Crippen LogP contribution in [0.15, 0.2) is 58.5 Å². The van der Waals surface area contributed by atoms with Gasteiger partial charge in [0.25, 0.3) is 0 Å². The molecule has 0 spiro atoms. The number of aromatic hydroxyl groups is 1. The number of aromatic nitrogens is 2. The Morgan fingerprint density at radius 2 is 1.51 bits per heavy atom. The van der Waals surface area contributed by atoms with Crippen molar-refractivity contribution < 1.29 is 14.3 Å². The number of rotatable bonds is 5. The molecule has 0 saturated heterocycles. The van der Waals surface area contributed by atoms with Gasteiger partial charge in [0.1, 0.15) is 22.3 Å². The fraction of sp³-hybridized carbons (Fsp3) is 0.355. The molecule has 0 amide bonds. The molecular weight excluding hydrogens is 483 g/mol. The summed E-state index contributed by atoms with van der Waals surface area (Å²) in [5, 5.41) is 16.9. The summed E-state index contributed by atoms with van der Waals surface area (Å²) in [6.07, 6.45) is 0.853. The second kappa shape index (κ2) is 9.64. The summed E-state index contributed by atoms with van der Waals surface area (Å²) in [6.45, 7) is 16.7. The third-order valence-electron chi connectivity index (χ3n) is 6.58. The van der Waals surface area contributed by atoms with E-state index >= 15 is 0 Å². The Kier molecular flexibility index (Phi) is 7.02. The third kappa shape index (κ3) is 5.17. The number of fused-ring (bicyclic) bond motifs is 1. The minimum Gasteiger partial charge on any atom is -0.507 e. The highest BCUT2D eigenvalue weighted by Crippen LogP contribution is 2.43. The second-order valence-electron chi connectivity index (χ2n) is 11.9. The zero-order valence-electron chi connectivity index (χ0n) is 22.8. The van der Waals surface area contributed by atoms with E-state index in [0.717, 1.165) is 38.4 Å². The molecule has 4 nitrogen and oxygen atoms in total. The van der Waals surface area contributed by atoms with Crippen LogP contribution in [0.1, 0.15) is 88.4 Å². The van der Waals surface area contributed by atoms with Crippen LogP contribution >= 0.6 is 11.8 Å². The van der Waals surface area contributed by atoms with Gasteiger partial charge >= 0.3 is 0 Å². The molecule has 0 aliphatic carbocycles. The Labute approximate surface area is 222 Å². The number of halogens is 1. The lowest BCUT2D eigenvalue weighted by atomic mass is 9.79. The summed E-state index contributed by atoms with van der Waals surface area (Å²) in [6, 6.07) is 14.2. The molecule has 2 aromatic heterocycles. The number of phenols is 1. The summed E-state index contributed by atoms with van der Waals surface area (Å²) in [7, 11) is 0. The Bertz CT molecular complexity index is 1440. The van der Waals surface area contributed by atoms with Crippen molar-refractivity contribution in [3.8, 4) is 17.0 Å². The van der Waals surface area contributed by atoms with Gasteiger partial charge in [-0.3, -0.25) is 4.79 Å². The monoisotopic (exact) mass is 518 g/mol. The summed E-state index contributed by atoms with van der Waals surface area (Å²) in [5.74, 6) is 0.0838. The van der Waals surface area contributed by atoms with E-state index in [4.69, 9.17) is 5.10 Å². The molecule has 37 heavy (non-hydrogen) atoms. The van der Waals surface area contributed by atoms with E-state index in [0.29, 0.717) is 22.6 Å². The number of benzene rings is 2. The van der Waals surface area contributed by atoms with E-state index in [1.165, 1.54) is 12.1 Å². The first kappa shape index (κ1) is 26.9. The van der Waals surface area contributed by atoms with Crippen molar-refractivity contribution in [1.82, 2.24) is 9.61 Å². The van der Waals surface area contributed by atoms with E-state index in [1.807, 2.05) is 16.6 Å². The Balaban J connectivity index is 1.95. The quantitative estimate of drug-likeness (QED) is 0.269. The van der Waals surface area contributed by atoms with Crippen LogP contribution in [0.3, 0.4) is 0 Å². The molecule has 0 aliphatic heterocycles. The SMILES string of the molecule is CC(C)c1c(C=O)c(-c2ccc(F)cc2)nn2c(Sc3cc(C(C)(C)C)c(O)c(C(C)(C)C)c3)ccc12. The maximum Gasteiger partial charge on any atom is 0.152 e. The van der Waals surface area contributed by atoms with Crippen molar-refractivity contribution in [3.63, 3.8) is 0 Å². The lowest BCUT2D eigenvalue weighted by Crippen LogP contribution is -2.17. The van der Waals surface area contributed by atoms with Gasteiger partial charge in [-0.2, -0.15) is 5.10 Å². The molecule has 6 heteroatoms. The van der Waals surface area contributed by atoms with Crippen molar-refractivity contribution in [3.05, 3.63) is 76.6 Å². The molecule has 0 unspecified atom stereocenters. The molecule has 0 bridgehead atoms. The summed E-state index contributed by atoms with van der Waals surface area (Å²) >= 11 is 1.57. The summed E-state index contributed by atoms with van der Waals surface area (Å²) < 4.78 is 15.5. The van der Waals surface area contributed by atoms with Crippen molar-refractivity contribution in [2.45, 2.75) is 82.1 Å². The fourth-order valence-corrected chi connectivity index (χ4v) is 5.65. The van der Waals surface area contributed by atoms with Gasteiger partial charge in [0.2, 0.25) is 0 Å². The zero-order chi connectivity index (χ0) is 27.3. The molecule has 2 heterocycles. The molecule has 0 fully saturated rings. The van der Waals surface area contributed by atoms with Crippen LogP contribution in [-0.2, 0) is 10.8 Å². The molecule has 0 atom stereocenters. The molecule has 0 aliphatic rings. The van der Waals surface area contributed by atoms with E-state index in [9.17, 15) is 14.3 Å². The van der Waals surface area contributed by atoms with Gasteiger partial charge < -0.3 is 5.11 Å². The van der Waals surface area contributed by atoms with E-state index < -0.39 is 0 Å². The number of carbonyl (C=O) groups excluding carboxylic acids is 1. The topological polar surface area (TPSA) is 54.6 Å². The van der Waals surface area contributed by atoms with Gasteiger partial charge in [0.05, 0.1) is 5.52 Å². The second-order valence-corrected chi connectivity index (χ2v) is 13.0. The van der Waals surface area contributed by atoms with Crippen molar-refractivity contribution in [2.24, 2.45) is 0 Å². The minimum absolute atomic E-state index is 0.0753. The van der Waals surface area contributed by atoms with Gasteiger partial charge in [-0.1, -0.05) is 67.2 Å². The van der Waals surface area contributed by atoms with Crippen LogP contribution in [0.5, 0.6) is 5.75 Å². The molecule has 4 rings (SSSR count). The van der Waals surface area contributed by atoms with Crippen LogP contribution in [0.25, 0.3) is 16.8 Å². The first-order valence-corrected chi connectivity index (χ1v) is 13.4. The highest BCUT2D eigenvalue weighted by atomic mass is 32.2. The van der Waals surface area contributed by atoms with Crippen LogP contribution in [0.2, 0.25) is 0 Å². The number of phenolic OH excluding ortho intramolecular Hbond substituents is 1. The molecule has 2 aromatic carbocycles. The van der Waals surface area contributed by atoms with E-state index in [2.05, 4.69) is 67.5 Å². The first-order valence-electron chi connectivity index (χ1n) is 12.5. The molecule has 194 valence electrons. The average Bonchev–Trinajstić information content (AvgIpc) is 3.19. The average molecular weight is 519 g/mol. The Hall–Kier alpha value is -3.12. The molecular formula is C31H35FN2O2S. The standard InChI is InChI=1S/C31H35FN2O2S/c1-18(2)27-22(17-35)28(19-9-11-20(32)12-10-19)33-34-25(27)13-14-26(34)37-21-15-23(30(3,4)5)29(36)24(16-21)31(6,7)8/h9-18,36H,1-8H3. The number of nitrogens with zero attached hydrogens (tertiary/aromatic N) is 2. The molecule has 0 saturated carbocycles. The van der Waals surface area contributed by atoms with Crippen LogP contribution in [0, 0.1) is 5.82 Å². The van der Waals surface area contributed by atoms with Gasteiger partial charge in [-0.25, -0.2) is 8.91 Å². The van der Waals surface area contributed by atoms with Crippen LogP contribution in [-0.4, -0.2) is 21.0 Å². The molecule has 0 radical (unpaired) electrons.